The van der Waals surface area contributed by atoms with Crippen molar-refractivity contribution in [1.29, 1.82) is 0 Å². The molecule has 0 unspecified atom stereocenters. The number of carbonyl (C=O) groups is 2. The van der Waals surface area contributed by atoms with Gasteiger partial charge < -0.3 is 0 Å². The molecule has 0 atom stereocenters. The van der Waals surface area contributed by atoms with Crippen LogP contribution in [0.1, 0.15) is 26.7 Å². The van der Waals surface area contributed by atoms with Crippen LogP contribution >= 0.6 is 0 Å². The van der Waals surface area contributed by atoms with Gasteiger partial charge in [-0.2, -0.15) is 4.48 Å². The minimum atomic E-state index is 0.0833. The largest absolute Gasteiger partial charge is 0.321 e. The molecule has 3 heteroatoms. The van der Waals surface area contributed by atoms with Crippen LogP contribution in [0.4, 0.5) is 0 Å². The third kappa shape index (κ3) is 0.997. The minimum absolute atomic E-state index is 0.0833. The van der Waals surface area contributed by atoms with E-state index in [2.05, 4.69) is 0 Å². The summed E-state index contributed by atoms with van der Waals surface area (Å²) in [6, 6.07) is 0. The summed E-state index contributed by atoms with van der Waals surface area (Å²) in [7, 11) is 0. The molecule has 1 aliphatic heterocycles. The first-order chi connectivity index (χ1) is 5.17. The van der Waals surface area contributed by atoms with Gasteiger partial charge in [0, 0.05) is 0 Å². The Kier molecular flexibility index (Phi) is 2.09. The number of nitrogens with zero attached hydrogens (tertiary/aromatic N) is 1. The van der Waals surface area contributed by atoms with E-state index in [0.717, 1.165) is 0 Å². The van der Waals surface area contributed by atoms with Crippen LogP contribution in [0.2, 0.25) is 0 Å². The summed E-state index contributed by atoms with van der Waals surface area (Å²) in [5.41, 5.74) is 0. The summed E-state index contributed by atoms with van der Waals surface area (Å²) in [4.78, 5) is 22.6. The van der Waals surface area contributed by atoms with Gasteiger partial charge in [-0.3, -0.25) is 0 Å². The normalized spacial score (nSPS) is 22.7. The number of amides is 2. The molecule has 0 aromatic carbocycles. The van der Waals surface area contributed by atoms with Crippen molar-refractivity contribution in [3.8, 4) is 0 Å². The number of hydrogen-bond donors (Lipinski definition) is 0. The van der Waals surface area contributed by atoms with Gasteiger partial charge in [0.1, 0.15) is 0 Å². The third-order valence-corrected chi connectivity index (χ3v) is 2.59. The Morgan fingerprint density at radius 2 is 1.45 bits per heavy atom. The number of rotatable bonds is 2. The fraction of sp³-hybridized carbons (Fsp3) is 0.750. The zero-order valence-corrected chi connectivity index (χ0v) is 7.09. The summed E-state index contributed by atoms with van der Waals surface area (Å²) in [6.07, 6.45) is 0.890. The summed E-state index contributed by atoms with van der Waals surface area (Å²) in [5, 5.41) is 0. The molecule has 0 spiro atoms. The van der Waals surface area contributed by atoms with Crippen LogP contribution < -0.4 is 0 Å². The number of quaternary nitrogens is 1. The summed E-state index contributed by atoms with van der Waals surface area (Å²) in [5.74, 6) is 0.194. The smallest absolute Gasteiger partial charge is 0.230 e. The van der Waals surface area contributed by atoms with Gasteiger partial charge in [0.2, 0.25) is 0 Å². The number of likely N-dealkylation sites (tertiary alicyclic amines) is 1. The van der Waals surface area contributed by atoms with Crippen LogP contribution in [-0.2, 0) is 9.59 Å². The second kappa shape index (κ2) is 2.74. The Morgan fingerprint density at radius 1 is 1.09 bits per heavy atom. The lowest BCUT2D eigenvalue weighted by atomic mass is 10.4. The Bertz CT molecular complexity index is 176. The fourth-order valence-corrected chi connectivity index (χ4v) is 1.71. The van der Waals surface area contributed by atoms with Gasteiger partial charge in [-0.15, -0.1) is 0 Å². The van der Waals surface area contributed by atoms with E-state index in [4.69, 9.17) is 0 Å². The van der Waals surface area contributed by atoms with Gasteiger partial charge in [-0.1, -0.05) is 0 Å². The Labute approximate surface area is 66.6 Å². The van der Waals surface area contributed by atoms with Crippen LogP contribution in [-0.4, -0.2) is 29.4 Å². The molecule has 0 N–H and O–H groups in total. The van der Waals surface area contributed by atoms with Gasteiger partial charge in [0.15, 0.2) is 0 Å². The molecule has 0 saturated carbocycles. The second-order valence-electron chi connectivity index (χ2n) is 2.89. The molecule has 0 aromatic heterocycles. The van der Waals surface area contributed by atoms with Crippen molar-refractivity contribution < 1.29 is 14.1 Å². The molecule has 1 saturated heterocycles. The maximum atomic E-state index is 11.3. The second-order valence-corrected chi connectivity index (χ2v) is 2.89. The van der Waals surface area contributed by atoms with Gasteiger partial charge >= 0.3 is 11.8 Å². The summed E-state index contributed by atoms with van der Waals surface area (Å²) < 4.78 is 0.0833. The first-order valence-electron chi connectivity index (χ1n) is 4.11. The Balaban J connectivity index is 2.94. The topological polar surface area (TPSA) is 34.1 Å². The van der Waals surface area contributed by atoms with Crippen molar-refractivity contribution in [3.05, 3.63) is 0 Å². The molecule has 1 aliphatic rings. The van der Waals surface area contributed by atoms with E-state index in [1.54, 1.807) is 0 Å². The first-order valence-corrected chi connectivity index (χ1v) is 4.11. The third-order valence-electron chi connectivity index (χ3n) is 2.59. The minimum Gasteiger partial charge on any atom is -0.230 e. The van der Waals surface area contributed by atoms with Crippen molar-refractivity contribution >= 4 is 11.8 Å². The number of hydrogen-bond acceptors (Lipinski definition) is 2. The molecular formula is C8H14NO2+. The zero-order chi connectivity index (χ0) is 8.48. The van der Waals surface area contributed by atoms with E-state index in [1.165, 1.54) is 0 Å². The van der Waals surface area contributed by atoms with Crippen molar-refractivity contribution in [2.45, 2.75) is 26.7 Å². The lowest BCUT2D eigenvalue weighted by Crippen LogP contribution is -2.51. The average Bonchev–Trinajstić information content (AvgIpc) is 2.29. The Hall–Kier alpha value is -0.700. The van der Waals surface area contributed by atoms with Crippen molar-refractivity contribution in [2.24, 2.45) is 0 Å². The highest BCUT2D eigenvalue weighted by Crippen LogP contribution is 2.21. The summed E-state index contributed by atoms with van der Waals surface area (Å²) >= 11 is 0. The predicted octanol–water partition coefficient (Wildman–Crippen LogP) is 0.690. The monoisotopic (exact) mass is 156 g/mol. The maximum Gasteiger partial charge on any atom is 0.321 e. The quantitative estimate of drug-likeness (QED) is 0.435. The van der Waals surface area contributed by atoms with E-state index in [9.17, 15) is 9.59 Å². The maximum absolute atomic E-state index is 11.3. The van der Waals surface area contributed by atoms with E-state index >= 15 is 0 Å². The van der Waals surface area contributed by atoms with Crippen LogP contribution in [0.3, 0.4) is 0 Å². The molecule has 1 fully saturated rings. The van der Waals surface area contributed by atoms with Crippen molar-refractivity contribution in [3.63, 3.8) is 0 Å². The van der Waals surface area contributed by atoms with E-state index in [-0.39, 0.29) is 16.3 Å². The summed E-state index contributed by atoms with van der Waals surface area (Å²) in [6.45, 7) is 5.03. The molecule has 0 aromatic rings. The first kappa shape index (κ1) is 8.40. The van der Waals surface area contributed by atoms with Crippen LogP contribution in [0, 0.1) is 0 Å². The lowest BCUT2D eigenvalue weighted by molar-refractivity contribution is -0.769. The van der Waals surface area contributed by atoms with Crippen molar-refractivity contribution in [2.75, 3.05) is 13.1 Å². The number of carbonyl (C=O) groups excluding carboxylic acids is 2. The predicted molar refractivity (Wildman–Crippen MR) is 40.6 cm³/mol. The fourth-order valence-electron chi connectivity index (χ4n) is 1.71. The molecule has 0 bridgehead atoms. The van der Waals surface area contributed by atoms with E-state index in [1.807, 2.05) is 13.8 Å². The molecule has 0 aliphatic carbocycles. The lowest BCUT2D eigenvalue weighted by Gasteiger charge is -2.25. The van der Waals surface area contributed by atoms with Crippen molar-refractivity contribution in [1.82, 2.24) is 0 Å². The molecule has 1 heterocycles. The van der Waals surface area contributed by atoms with Crippen LogP contribution in [0.15, 0.2) is 0 Å². The van der Waals surface area contributed by atoms with E-state index < -0.39 is 0 Å². The molecule has 11 heavy (non-hydrogen) atoms. The molecule has 2 amide bonds. The molecule has 1 rings (SSSR count). The Morgan fingerprint density at radius 3 is 1.64 bits per heavy atom. The van der Waals surface area contributed by atoms with E-state index in [0.29, 0.717) is 25.9 Å². The molecule has 62 valence electrons. The highest BCUT2D eigenvalue weighted by molar-refractivity contribution is 5.91. The van der Waals surface area contributed by atoms with Gasteiger partial charge in [0.05, 0.1) is 25.9 Å². The van der Waals surface area contributed by atoms with Gasteiger partial charge in [0.25, 0.3) is 0 Å². The van der Waals surface area contributed by atoms with Crippen LogP contribution in [0.25, 0.3) is 0 Å². The zero-order valence-electron chi connectivity index (χ0n) is 7.09. The number of imide groups is 1. The van der Waals surface area contributed by atoms with Gasteiger partial charge in [-0.05, 0) is 13.8 Å². The average molecular weight is 156 g/mol. The molecule has 0 radical (unpaired) electrons. The van der Waals surface area contributed by atoms with Crippen LogP contribution in [0.5, 0.6) is 0 Å². The SMILES string of the molecule is CC[N+]1(CC)C(=O)CCC1=O. The highest BCUT2D eigenvalue weighted by Gasteiger charge is 2.46. The van der Waals surface area contributed by atoms with Gasteiger partial charge in [-0.25, -0.2) is 9.59 Å². The molecule has 3 nitrogen and oxygen atoms in total. The highest BCUT2D eigenvalue weighted by atomic mass is 16.2. The molecular weight excluding hydrogens is 142 g/mol. The standard InChI is InChI=1S/C8H14NO2/c1-3-9(4-2)7(10)5-6-8(9)11/h3-6H2,1-2H3/q+1.